The first-order valence-corrected chi connectivity index (χ1v) is 4.10. The van der Waals surface area contributed by atoms with Gasteiger partial charge in [0.05, 0.1) is 18.3 Å². The first kappa shape index (κ1) is 8.97. The number of ether oxygens (including phenoxy) is 1. The van der Waals surface area contributed by atoms with Crippen LogP contribution in [0, 0.1) is 5.92 Å². The van der Waals surface area contributed by atoms with Gasteiger partial charge in [-0.25, -0.2) is 0 Å². The largest absolute Gasteiger partial charge is 0.498 e. The molecule has 0 radical (unpaired) electrons. The highest BCUT2D eigenvalue weighted by molar-refractivity contribution is 6.01. The summed E-state index contributed by atoms with van der Waals surface area (Å²) in [5.74, 6) is 0.148. The Balaban J connectivity index is 2.61. The van der Waals surface area contributed by atoms with Crippen molar-refractivity contribution < 1.29 is 14.3 Å². The van der Waals surface area contributed by atoms with Gasteiger partial charge in [-0.3, -0.25) is 4.79 Å². The molecule has 12 heavy (non-hydrogen) atoms. The number of carbonyl (C=O) groups excluding carboxylic acids is 2. The average molecular weight is 168 g/mol. The summed E-state index contributed by atoms with van der Waals surface area (Å²) < 4.78 is 5.17. The first-order chi connectivity index (χ1) is 5.77. The second-order valence-corrected chi connectivity index (χ2v) is 2.73. The second-order valence-electron chi connectivity index (χ2n) is 2.73. The van der Waals surface area contributed by atoms with Crippen LogP contribution in [0.3, 0.4) is 0 Å². The van der Waals surface area contributed by atoms with Gasteiger partial charge in [-0.05, 0) is 13.3 Å². The number of hydrogen-bond acceptors (Lipinski definition) is 3. The van der Waals surface area contributed by atoms with Gasteiger partial charge in [0.15, 0.2) is 5.78 Å². The summed E-state index contributed by atoms with van der Waals surface area (Å²) in [6.45, 7) is 2.45. The van der Waals surface area contributed by atoms with E-state index in [0.29, 0.717) is 31.5 Å². The van der Waals surface area contributed by atoms with Crippen LogP contribution in [0.2, 0.25) is 0 Å². The maximum Gasteiger partial charge on any atom is 0.169 e. The summed E-state index contributed by atoms with van der Waals surface area (Å²) in [4.78, 5) is 21.5. The van der Waals surface area contributed by atoms with Crippen LogP contribution in [0.4, 0.5) is 0 Å². The fraction of sp³-hybridized carbons (Fsp3) is 0.556. The van der Waals surface area contributed by atoms with Crippen LogP contribution >= 0.6 is 0 Å². The molecular formula is C9H12O3. The van der Waals surface area contributed by atoms with Crippen molar-refractivity contribution in [1.29, 1.82) is 0 Å². The molecule has 0 bridgehead atoms. The molecule has 0 amide bonds. The number of allylic oxidation sites excluding steroid dienone is 2. The van der Waals surface area contributed by atoms with Gasteiger partial charge in [-0.1, -0.05) is 0 Å². The SMILES string of the molecule is CCOC1=CC(=O)C(C=O)CC1. The predicted octanol–water partition coefficient (Wildman–Crippen LogP) is 1.08. The van der Waals surface area contributed by atoms with Crippen molar-refractivity contribution in [3.05, 3.63) is 11.8 Å². The van der Waals surface area contributed by atoms with E-state index in [1.165, 1.54) is 6.08 Å². The average Bonchev–Trinajstić information content (AvgIpc) is 2.05. The zero-order valence-corrected chi connectivity index (χ0v) is 7.08. The van der Waals surface area contributed by atoms with Crippen molar-refractivity contribution >= 4 is 12.1 Å². The van der Waals surface area contributed by atoms with Crippen LogP contribution in [-0.4, -0.2) is 18.7 Å². The number of rotatable bonds is 3. The fourth-order valence-electron chi connectivity index (χ4n) is 1.21. The zero-order valence-electron chi connectivity index (χ0n) is 7.08. The van der Waals surface area contributed by atoms with E-state index < -0.39 is 5.92 Å². The van der Waals surface area contributed by atoms with Gasteiger partial charge in [-0.15, -0.1) is 0 Å². The molecule has 0 saturated carbocycles. The van der Waals surface area contributed by atoms with E-state index in [0.717, 1.165) is 0 Å². The standard InChI is InChI=1S/C9H12O3/c1-2-12-8-4-3-7(6-10)9(11)5-8/h5-7H,2-4H2,1H3. The van der Waals surface area contributed by atoms with Crippen molar-refractivity contribution in [2.45, 2.75) is 19.8 Å². The normalized spacial score (nSPS) is 23.2. The molecule has 3 nitrogen and oxygen atoms in total. The summed E-state index contributed by atoms with van der Waals surface area (Å²) in [6.07, 6.45) is 3.44. The Morgan fingerprint density at radius 3 is 3.00 bits per heavy atom. The number of hydrogen-bond donors (Lipinski definition) is 0. The summed E-state index contributed by atoms with van der Waals surface area (Å²) in [6, 6.07) is 0. The minimum absolute atomic E-state index is 0.125. The van der Waals surface area contributed by atoms with Crippen LogP contribution in [0.5, 0.6) is 0 Å². The molecule has 0 aromatic heterocycles. The Hall–Kier alpha value is -1.12. The van der Waals surface area contributed by atoms with Gasteiger partial charge >= 0.3 is 0 Å². The van der Waals surface area contributed by atoms with E-state index >= 15 is 0 Å². The molecule has 0 fully saturated rings. The van der Waals surface area contributed by atoms with E-state index in [-0.39, 0.29) is 5.78 Å². The number of aldehydes is 1. The van der Waals surface area contributed by atoms with E-state index in [1.54, 1.807) is 0 Å². The summed E-state index contributed by atoms with van der Waals surface area (Å²) in [5.41, 5.74) is 0. The van der Waals surface area contributed by atoms with Crippen LogP contribution in [0.1, 0.15) is 19.8 Å². The Morgan fingerprint density at radius 2 is 2.50 bits per heavy atom. The van der Waals surface area contributed by atoms with E-state index in [1.807, 2.05) is 6.92 Å². The van der Waals surface area contributed by atoms with Gasteiger partial charge < -0.3 is 9.53 Å². The maximum absolute atomic E-state index is 11.1. The molecule has 1 atom stereocenters. The van der Waals surface area contributed by atoms with Crippen LogP contribution in [-0.2, 0) is 14.3 Å². The molecule has 0 aromatic rings. The quantitative estimate of drug-likeness (QED) is 0.468. The first-order valence-electron chi connectivity index (χ1n) is 4.10. The lowest BCUT2D eigenvalue weighted by atomic mass is 9.93. The Morgan fingerprint density at radius 1 is 1.75 bits per heavy atom. The monoisotopic (exact) mass is 168 g/mol. The minimum atomic E-state index is -0.436. The molecule has 1 aliphatic carbocycles. The lowest BCUT2D eigenvalue weighted by Gasteiger charge is -2.15. The molecule has 0 N–H and O–H groups in total. The van der Waals surface area contributed by atoms with Crippen molar-refractivity contribution in [1.82, 2.24) is 0 Å². The van der Waals surface area contributed by atoms with Gasteiger partial charge in [0.1, 0.15) is 6.29 Å². The lowest BCUT2D eigenvalue weighted by Crippen LogP contribution is -2.19. The third kappa shape index (κ3) is 1.94. The highest BCUT2D eigenvalue weighted by Crippen LogP contribution is 2.19. The molecule has 0 aliphatic heterocycles. The maximum atomic E-state index is 11.1. The predicted molar refractivity (Wildman–Crippen MR) is 43.5 cm³/mol. The molecule has 0 spiro atoms. The molecular weight excluding hydrogens is 156 g/mol. The third-order valence-corrected chi connectivity index (χ3v) is 1.86. The number of ketones is 1. The number of carbonyl (C=O) groups is 2. The zero-order chi connectivity index (χ0) is 8.97. The minimum Gasteiger partial charge on any atom is -0.498 e. The molecule has 0 aromatic carbocycles. The fourth-order valence-corrected chi connectivity index (χ4v) is 1.21. The molecule has 0 saturated heterocycles. The smallest absolute Gasteiger partial charge is 0.169 e. The molecule has 3 heteroatoms. The van der Waals surface area contributed by atoms with Crippen molar-refractivity contribution in [3.8, 4) is 0 Å². The van der Waals surface area contributed by atoms with Crippen molar-refractivity contribution in [2.24, 2.45) is 5.92 Å². The van der Waals surface area contributed by atoms with Gasteiger partial charge in [-0.2, -0.15) is 0 Å². The van der Waals surface area contributed by atoms with Crippen LogP contribution in [0.15, 0.2) is 11.8 Å². The van der Waals surface area contributed by atoms with Gasteiger partial charge in [0, 0.05) is 12.5 Å². The van der Waals surface area contributed by atoms with Crippen molar-refractivity contribution in [2.75, 3.05) is 6.61 Å². The molecule has 1 rings (SSSR count). The van der Waals surface area contributed by atoms with Crippen molar-refractivity contribution in [3.63, 3.8) is 0 Å². The van der Waals surface area contributed by atoms with Crippen LogP contribution in [0.25, 0.3) is 0 Å². The molecule has 1 unspecified atom stereocenters. The third-order valence-electron chi connectivity index (χ3n) is 1.86. The second kappa shape index (κ2) is 4.04. The van der Waals surface area contributed by atoms with E-state index in [9.17, 15) is 9.59 Å². The highest BCUT2D eigenvalue weighted by Gasteiger charge is 2.21. The van der Waals surface area contributed by atoms with Gasteiger partial charge in [0.25, 0.3) is 0 Å². The summed E-state index contributed by atoms with van der Waals surface area (Å²) in [5, 5.41) is 0. The summed E-state index contributed by atoms with van der Waals surface area (Å²) in [7, 11) is 0. The Bertz CT molecular complexity index is 218. The summed E-state index contributed by atoms with van der Waals surface area (Å²) >= 11 is 0. The lowest BCUT2D eigenvalue weighted by molar-refractivity contribution is -0.124. The van der Waals surface area contributed by atoms with Crippen LogP contribution < -0.4 is 0 Å². The van der Waals surface area contributed by atoms with Gasteiger partial charge in [0.2, 0.25) is 0 Å². The molecule has 1 aliphatic rings. The molecule has 66 valence electrons. The topological polar surface area (TPSA) is 43.4 Å². The van der Waals surface area contributed by atoms with E-state index in [2.05, 4.69) is 0 Å². The Kier molecular flexibility index (Phi) is 3.02. The Labute approximate surface area is 71.4 Å². The molecule has 0 heterocycles. The van der Waals surface area contributed by atoms with E-state index in [4.69, 9.17) is 4.74 Å². The highest BCUT2D eigenvalue weighted by atomic mass is 16.5.